The van der Waals surface area contributed by atoms with Gasteiger partial charge in [0.05, 0.1) is 0 Å². The quantitative estimate of drug-likeness (QED) is 0.770. The lowest BCUT2D eigenvalue weighted by Gasteiger charge is -2.11. The second-order valence-electron chi connectivity index (χ2n) is 4.54. The van der Waals surface area contributed by atoms with Gasteiger partial charge in [0.2, 0.25) is 0 Å². The van der Waals surface area contributed by atoms with E-state index in [1.165, 1.54) is 0 Å². The highest BCUT2D eigenvalue weighted by Crippen LogP contribution is 2.30. The third-order valence-electron chi connectivity index (χ3n) is 3.19. The van der Waals surface area contributed by atoms with Gasteiger partial charge in [0.15, 0.2) is 0 Å². The Morgan fingerprint density at radius 1 is 0.900 bits per heavy atom. The molecule has 4 heteroatoms. The lowest BCUT2D eigenvalue weighted by atomic mass is 10.0. The summed E-state index contributed by atoms with van der Waals surface area (Å²) >= 11 is 0. The second-order valence-corrected chi connectivity index (χ2v) is 4.54. The van der Waals surface area contributed by atoms with Crippen LogP contribution in [0.3, 0.4) is 0 Å². The maximum absolute atomic E-state index is 6.05. The average molecular weight is 262 g/mol. The summed E-state index contributed by atoms with van der Waals surface area (Å²) in [7, 11) is 0. The zero-order valence-corrected chi connectivity index (χ0v) is 11.1. The normalized spacial score (nSPS) is 10.4. The number of nitrogen functional groups attached to an aromatic ring is 1. The van der Waals surface area contributed by atoms with Crippen molar-refractivity contribution in [2.45, 2.75) is 6.92 Å². The minimum atomic E-state index is 0.517. The lowest BCUT2D eigenvalue weighted by Crippen LogP contribution is -1.99. The zero-order valence-electron chi connectivity index (χ0n) is 11.1. The summed E-state index contributed by atoms with van der Waals surface area (Å²) in [6.45, 7) is 1.95. The summed E-state index contributed by atoms with van der Waals surface area (Å²) in [5.74, 6) is 0.517. The molecule has 3 rings (SSSR count). The van der Waals surface area contributed by atoms with E-state index in [0.29, 0.717) is 5.82 Å². The monoisotopic (exact) mass is 262 g/mol. The molecule has 0 saturated carbocycles. The predicted molar refractivity (Wildman–Crippen MR) is 79.8 cm³/mol. The van der Waals surface area contributed by atoms with Gasteiger partial charge in [-0.3, -0.25) is 9.97 Å². The fourth-order valence-corrected chi connectivity index (χ4v) is 2.19. The summed E-state index contributed by atoms with van der Waals surface area (Å²) < 4.78 is 0. The first-order valence-corrected chi connectivity index (χ1v) is 6.33. The molecule has 0 unspecified atom stereocenters. The first kappa shape index (κ1) is 12.3. The molecule has 2 N–H and O–H groups in total. The van der Waals surface area contributed by atoms with Crippen LogP contribution in [-0.2, 0) is 0 Å². The standard InChI is InChI=1S/C16H14N4/c1-11-14(12-4-2-6-18-9-12)8-15(16(17)20-11)13-5-3-7-19-10-13/h2-10H,1H3,(H2,17,20). The van der Waals surface area contributed by atoms with Crippen molar-refractivity contribution in [3.63, 3.8) is 0 Å². The molecular formula is C16H14N4. The maximum Gasteiger partial charge on any atom is 0.131 e. The average Bonchev–Trinajstić information content (AvgIpc) is 2.49. The highest BCUT2D eigenvalue weighted by Gasteiger charge is 2.10. The van der Waals surface area contributed by atoms with Crippen molar-refractivity contribution >= 4 is 5.82 Å². The third-order valence-corrected chi connectivity index (χ3v) is 3.19. The van der Waals surface area contributed by atoms with Gasteiger partial charge in [-0.15, -0.1) is 0 Å². The fraction of sp³-hybridized carbons (Fsp3) is 0.0625. The Morgan fingerprint density at radius 3 is 2.05 bits per heavy atom. The zero-order chi connectivity index (χ0) is 13.9. The van der Waals surface area contributed by atoms with E-state index in [0.717, 1.165) is 27.9 Å². The SMILES string of the molecule is Cc1nc(N)c(-c2cccnc2)cc1-c1cccnc1. The predicted octanol–water partition coefficient (Wildman–Crippen LogP) is 3.10. The molecule has 0 aliphatic carbocycles. The summed E-state index contributed by atoms with van der Waals surface area (Å²) in [4.78, 5) is 12.7. The molecule has 0 aromatic carbocycles. The summed E-state index contributed by atoms with van der Waals surface area (Å²) in [6.07, 6.45) is 7.11. The van der Waals surface area contributed by atoms with Crippen LogP contribution in [0.5, 0.6) is 0 Å². The molecule has 0 atom stereocenters. The van der Waals surface area contributed by atoms with Gasteiger partial charge in [0.1, 0.15) is 5.82 Å². The van der Waals surface area contributed by atoms with Crippen LogP contribution in [0.15, 0.2) is 55.1 Å². The van der Waals surface area contributed by atoms with Crippen molar-refractivity contribution in [3.8, 4) is 22.3 Å². The van der Waals surface area contributed by atoms with Crippen molar-refractivity contribution in [1.82, 2.24) is 15.0 Å². The van der Waals surface area contributed by atoms with E-state index in [4.69, 9.17) is 5.73 Å². The minimum Gasteiger partial charge on any atom is -0.383 e. The van der Waals surface area contributed by atoms with E-state index in [1.54, 1.807) is 18.6 Å². The molecule has 0 aliphatic rings. The number of nitrogens with two attached hydrogens (primary N) is 1. The number of aryl methyl sites for hydroxylation is 1. The fourth-order valence-electron chi connectivity index (χ4n) is 2.19. The van der Waals surface area contributed by atoms with Crippen molar-refractivity contribution in [3.05, 3.63) is 60.8 Å². The molecular weight excluding hydrogens is 248 g/mol. The minimum absolute atomic E-state index is 0.517. The Balaban J connectivity index is 2.19. The van der Waals surface area contributed by atoms with Crippen LogP contribution in [0.4, 0.5) is 5.82 Å². The van der Waals surface area contributed by atoms with Gasteiger partial charge in [-0.05, 0) is 25.1 Å². The number of nitrogens with zero attached hydrogens (tertiary/aromatic N) is 3. The third kappa shape index (κ3) is 2.23. The van der Waals surface area contributed by atoms with E-state index < -0.39 is 0 Å². The molecule has 3 heterocycles. The largest absolute Gasteiger partial charge is 0.383 e. The molecule has 0 aliphatic heterocycles. The molecule has 20 heavy (non-hydrogen) atoms. The highest BCUT2D eigenvalue weighted by atomic mass is 14.8. The van der Waals surface area contributed by atoms with Crippen LogP contribution in [0, 0.1) is 6.92 Å². The van der Waals surface area contributed by atoms with Crippen LogP contribution in [0.25, 0.3) is 22.3 Å². The van der Waals surface area contributed by atoms with Gasteiger partial charge in [-0.25, -0.2) is 4.98 Å². The van der Waals surface area contributed by atoms with Gasteiger partial charge >= 0.3 is 0 Å². The van der Waals surface area contributed by atoms with Crippen LogP contribution < -0.4 is 5.73 Å². The smallest absolute Gasteiger partial charge is 0.131 e. The molecule has 0 fully saturated rings. The molecule has 4 nitrogen and oxygen atoms in total. The summed E-state index contributed by atoms with van der Waals surface area (Å²) in [6, 6.07) is 9.84. The van der Waals surface area contributed by atoms with Gasteiger partial charge in [0, 0.05) is 52.7 Å². The number of hydrogen-bond donors (Lipinski definition) is 1. The van der Waals surface area contributed by atoms with Crippen molar-refractivity contribution in [2.24, 2.45) is 0 Å². The lowest BCUT2D eigenvalue weighted by molar-refractivity contribution is 1.20. The van der Waals surface area contributed by atoms with Crippen molar-refractivity contribution in [2.75, 3.05) is 5.73 Å². The van der Waals surface area contributed by atoms with E-state index in [1.807, 2.05) is 43.5 Å². The number of hydrogen-bond acceptors (Lipinski definition) is 4. The molecule has 0 amide bonds. The van der Waals surface area contributed by atoms with E-state index >= 15 is 0 Å². The van der Waals surface area contributed by atoms with Crippen LogP contribution in [0.2, 0.25) is 0 Å². The Morgan fingerprint density at radius 2 is 1.50 bits per heavy atom. The second kappa shape index (κ2) is 5.09. The Kier molecular flexibility index (Phi) is 3.13. The first-order chi connectivity index (χ1) is 9.75. The molecule has 3 aromatic rings. The van der Waals surface area contributed by atoms with Gasteiger partial charge in [-0.1, -0.05) is 12.1 Å². The maximum atomic E-state index is 6.05. The summed E-state index contributed by atoms with van der Waals surface area (Å²) in [5, 5.41) is 0. The summed E-state index contributed by atoms with van der Waals surface area (Å²) in [5.41, 5.74) is 10.9. The molecule has 3 aromatic heterocycles. The van der Waals surface area contributed by atoms with Crippen molar-refractivity contribution in [1.29, 1.82) is 0 Å². The van der Waals surface area contributed by atoms with Gasteiger partial charge < -0.3 is 5.73 Å². The first-order valence-electron chi connectivity index (χ1n) is 6.33. The van der Waals surface area contributed by atoms with Crippen LogP contribution in [0.1, 0.15) is 5.69 Å². The van der Waals surface area contributed by atoms with E-state index in [-0.39, 0.29) is 0 Å². The van der Waals surface area contributed by atoms with E-state index in [9.17, 15) is 0 Å². The Hall–Kier alpha value is -2.75. The highest BCUT2D eigenvalue weighted by molar-refractivity contribution is 5.80. The molecule has 0 bridgehead atoms. The topological polar surface area (TPSA) is 64.7 Å². The van der Waals surface area contributed by atoms with E-state index in [2.05, 4.69) is 15.0 Å². The number of anilines is 1. The van der Waals surface area contributed by atoms with Crippen LogP contribution >= 0.6 is 0 Å². The molecule has 98 valence electrons. The van der Waals surface area contributed by atoms with Crippen LogP contribution in [-0.4, -0.2) is 15.0 Å². The van der Waals surface area contributed by atoms with Gasteiger partial charge in [0.25, 0.3) is 0 Å². The molecule has 0 spiro atoms. The van der Waals surface area contributed by atoms with Gasteiger partial charge in [-0.2, -0.15) is 0 Å². The molecule has 0 radical (unpaired) electrons. The molecule has 0 saturated heterocycles. The Labute approximate surface area is 117 Å². The number of pyridine rings is 3. The number of aromatic nitrogens is 3. The van der Waals surface area contributed by atoms with Crippen molar-refractivity contribution < 1.29 is 0 Å². The number of rotatable bonds is 2. The Bertz CT molecular complexity index is 663.